The van der Waals surface area contributed by atoms with Crippen molar-refractivity contribution in [2.24, 2.45) is 4.99 Å². The number of halogens is 3. The number of aliphatic imine (C=N–C) groups is 1. The van der Waals surface area contributed by atoms with Gasteiger partial charge in [-0.3, -0.25) is 19.3 Å². The Morgan fingerprint density at radius 2 is 1.96 bits per heavy atom. The van der Waals surface area contributed by atoms with Gasteiger partial charge in [-0.05, 0) is 55.0 Å². The number of H-pyrrole nitrogens is 1. The molecule has 0 saturated carbocycles. The first-order chi connectivity index (χ1) is 12.8. The molecule has 5 nitrogen and oxygen atoms in total. The van der Waals surface area contributed by atoms with Crippen LogP contribution in [-0.4, -0.2) is 20.9 Å². The predicted octanol–water partition coefficient (Wildman–Crippen LogP) is 5.11. The fraction of sp³-hybridized carbons (Fsp3) is 0.0556. The molecule has 0 atom stereocenters. The Balaban J connectivity index is 2.12. The SMILES string of the molecule is Cc1ccc(N=Cc2c(O)n(-c3ccc(F)c(Cl)c3)c(=S)[nH]c2=O)cc1Cl. The third kappa shape index (κ3) is 3.95. The molecule has 0 aliphatic heterocycles. The third-order valence-electron chi connectivity index (χ3n) is 3.78. The lowest BCUT2D eigenvalue weighted by Crippen LogP contribution is -2.18. The van der Waals surface area contributed by atoms with E-state index in [1.165, 1.54) is 18.3 Å². The molecule has 0 fully saturated rings. The van der Waals surface area contributed by atoms with Crippen molar-refractivity contribution in [3.8, 4) is 11.6 Å². The van der Waals surface area contributed by atoms with Gasteiger partial charge in [0.15, 0.2) is 4.77 Å². The summed E-state index contributed by atoms with van der Waals surface area (Å²) in [6.07, 6.45) is 1.20. The molecule has 1 heterocycles. The highest BCUT2D eigenvalue weighted by Crippen LogP contribution is 2.25. The standard InChI is InChI=1S/C18H12Cl2FN3O2S/c1-9-2-3-10(6-13(9)19)22-8-12-16(25)23-18(27)24(17(12)26)11-4-5-15(21)14(20)7-11/h2-8,26H,1H3,(H,23,25,27). The minimum atomic E-state index is -0.621. The van der Waals surface area contributed by atoms with E-state index in [9.17, 15) is 14.3 Å². The highest BCUT2D eigenvalue weighted by molar-refractivity contribution is 7.71. The van der Waals surface area contributed by atoms with E-state index in [1.54, 1.807) is 18.2 Å². The maximum atomic E-state index is 13.4. The molecule has 0 amide bonds. The van der Waals surface area contributed by atoms with E-state index in [0.717, 1.165) is 16.2 Å². The number of hydrogen-bond donors (Lipinski definition) is 2. The van der Waals surface area contributed by atoms with E-state index in [4.69, 9.17) is 35.4 Å². The molecule has 0 aliphatic carbocycles. The van der Waals surface area contributed by atoms with Crippen molar-refractivity contribution < 1.29 is 9.50 Å². The summed E-state index contributed by atoms with van der Waals surface area (Å²) in [5, 5.41) is 10.9. The lowest BCUT2D eigenvalue weighted by atomic mass is 10.2. The first-order valence-corrected chi connectivity index (χ1v) is 8.78. The molecule has 0 saturated heterocycles. The minimum absolute atomic E-state index is 0.0734. The molecule has 3 aromatic rings. The summed E-state index contributed by atoms with van der Waals surface area (Å²) >= 11 is 17.0. The second-order valence-corrected chi connectivity index (χ2v) is 6.82. The van der Waals surface area contributed by atoms with Gasteiger partial charge >= 0.3 is 0 Å². The molecule has 0 bridgehead atoms. The fourth-order valence-electron chi connectivity index (χ4n) is 2.32. The summed E-state index contributed by atoms with van der Waals surface area (Å²) in [6, 6.07) is 8.92. The van der Waals surface area contributed by atoms with Gasteiger partial charge in [0.05, 0.1) is 16.4 Å². The van der Waals surface area contributed by atoms with E-state index in [-0.39, 0.29) is 21.0 Å². The Labute approximate surface area is 168 Å². The number of aromatic amines is 1. The van der Waals surface area contributed by atoms with Gasteiger partial charge in [-0.2, -0.15) is 0 Å². The van der Waals surface area contributed by atoms with Gasteiger partial charge in [0.1, 0.15) is 11.4 Å². The molecule has 1 aromatic heterocycles. The van der Waals surface area contributed by atoms with Gasteiger partial charge in [0.25, 0.3) is 5.56 Å². The van der Waals surface area contributed by atoms with Crippen molar-refractivity contribution in [1.82, 2.24) is 9.55 Å². The molecule has 138 valence electrons. The van der Waals surface area contributed by atoms with Gasteiger partial charge in [0.2, 0.25) is 5.88 Å². The summed E-state index contributed by atoms with van der Waals surface area (Å²) in [6.45, 7) is 1.85. The van der Waals surface area contributed by atoms with Crippen molar-refractivity contribution in [2.45, 2.75) is 6.92 Å². The van der Waals surface area contributed by atoms with Gasteiger partial charge in [0, 0.05) is 11.2 Å². The fourth-order valence-corrected chi connectivity index (χ4v) is 2.95. The molecule has 0 aliphatic rings. The third-order valence-corrected chi connectivity index (χ3v) is 4.76. The van der Waals surface area contributed by atoms with Gasteiger partial charge in [-0.25, -0.2) is 4.39 Å². The molecule has 9 heteroatoms. The van der Waals surface area contributed by atoms with Crippen molar-refractivity contribution >= 4 is 47.3 Å². The largest absolute Gasteiger partial charge is 0.494 e. The summed E-state index contributed by atoms with van der Waals surface area (Å²) in [4.78, 5) is 18.8. The number of rotatable bonds is 3. The summed E-state index contributed by atoms with van der Waals surface area (Å²) < 4.78 is 14.5. The molecular formula is C18H12Cl2FN3O2S. The van der Waals surface area contributed by atoms with Crippen LogP contribution in [-0.2, 0) is 0 Å². The average molecular weight is 424 g/mol. The number of benzene rings is 2. The Morgan fingerprint density at radius 3 is 2.63 bits per heavy atom. The van der Waals surface area contributed by atoms with Crippen LogP contribution in [0.4, 0.5) is 10.1 Å². The number of aryl methyl sites for hydroxylation is 1. The number of nitrogens with zero attached hydrogens (tertiary/aromatic N) is 2. The van der Waals surface area contributed by atoms with Crippen LogP contribution in [0.25, 0.3) is 5.69 Å². The van der Waals surface area contributed by atoms with E-state index in [0.29, 0.717) is 10.7 Å². The number of nitrogens with one attached hydrogen (secondary N) is 1. The van der Waals surface area contributed by atoms with Gasteiger partial charge in [-0.1, -0.05) is 29.3 Å². The molecule has 0 spiro atoms. The average Bonchev–Trinajstić information content (AvgIpc) is 2.60. The van der Waals surface area contributed by atoms with Crippen LogP contribution >= 0.6 is 35.4 Å². The van der Waals surface area contributed by atoms with Crippen LogP contribution < -0.4 is 5.56 Å². The Kier molecular flexibility index (Phi) is 5.46. The Morgan fingerprint density at radius 1 is 1.22 bits per heavy atom. The Bertz CT molecular complexity index is 1190. The van der Waals surface area contributed by atoms with E-state index >= 15 is 0 Å². The summed E-state index contributed by atoms with van der Waals surface area (Å²) in [7, 11) is 0. The van der Waals surface area contributed by atoms with Gasteiger partial charge < -0.3 is 5.11 Å². The second-order valence-electron chi connectivity index (χ2n) is 5.62. The summed E-state index contributed by atoms with van der Waals surface area (Å²) in [5.74, 6) is -1.07. The van der Waals surface area contributed by atoms with E-state index in [1.807, 2.05) is 6.92 Å². The maximum absolute atomic E-state index is 13.4. The zero-order valence-corrected chi connectivity index (χ0v) is 16.2. The number of aromatic hydroxyl groups is 1. The van der Waals surface area contributed by atoms with E-state index < -0.39 is 17.3 Å². The first-order valence-electron chi connectivity index (χ1n) is 7.62. The van der Waals surface area contributed by atoms with E-state index in [2.05, 4.69) is 9.98 Å². The maximum Gasteiger partial charge on any atom is 0.264 e. The minimum Gasteiger partial charge on any atom is -0.494 e. The first kappa shape index (κ1) is 19.3. The van der Waals surface area contributed by atoms with Crippen molar-refractivity contribution in [1.29, 1.82) is 0 Å². The molecule has 0 unspecified atom stereocenters. The normalized spacial score (nSPS) is 11.3. The monoisotopic (exact) mass is 423 g/mol. The predicted molar refractivity (Wildman–Crippen MR) is 107 cm³/mol. The lowest BCUT2D eigenvalue weighted by Gasteiger charge is -2.11. The zero-order valence-electron chi connectivity index (χ0n) is 13.8. The van der Waals surface area contributed by atoms with Crippen LogP contribution in [0.1, 0.15) is 11.1 Å². The number of hydrogen-bond acceptors (Lipinski definition) is 4. The van der Waals surface area contributed by atoms with Crippen molar-refractivity contribution in [2.75, 3.05) is 0 Å². The number of aromatic nitrogens is 2. The Hall–Kier alpha value is -2.48. The highest BCUT2D eigenvalue weighted by Gasteiger charge is 2.14. The molecule has 0 radical (unpaired) electrons. The van der Waals surface area contributed by atoms with Crippen LogP contribution in [0.3, 0.4) is 0 Å². The van der Waals surface area contributed by atoms with Crippen LogP contribution in [0.5, 0.6) is 5.88 Å². The second kappa shape index (κ2) is 7.64. The molecule has 27 heavy (non-hydrogen) atoms. The molecule has 3 rings (SSSR count). The molecule has 2 N–H and O–H groups in total. The van der Waals surface area contributed by atoms with Gasteiger partial charge in [-0.15, -0.1) is 0 Å². The zero-order chi connectivity index (χ0) is 19.7. The smallest absolute Gasteiger partial charge is 0.264 e. The highest BCUT2D eigenvalue weighted by atomic mass is 35.5. The van der Waals surface area contributed by atoms with Crippen LogP contribution in [0.15, 0.2) is 46.2 Å². The lowest BCUT2D eigenvalue weighted by molar-refractivity contribution is 0.432. The molecular weight excluding hydrogens is 412 g/mol. The topological polar surface area (TPSA) is 70.4 Å². The quantitative estimate of drug-likeness (QED) is 0.454. The van der Waals surface area contributed by atoms with Crippen LogP contribution in [0, 0.1) is 17.5 Å². The van der Waals surface area contributed by atoms with Crippen molar-refractivity contribution in [3.05, 3.63) is 78.5 Å². The van der Waals surface area contributed by atoms with Crippen molar-refractivity contribution in [3.63, 3.8) is 0 Å². The summed E-state index contributed by atoms with van der Waals surface area (Å²) in [5.41, 5.74) is 0.930. The molecule has 2 aromatic carbocycles. The van der Waals surface area contributed by atoms with Crippen LogP contribution in [0.2, 0.25) is 10.0 Å².